The summed E-state index contributed by atoms with van der Waals surface area (Å²) in [6.07, 6.45) is 1.86. The minimum Gasteiger partial charge on any atom is -0.255 e. The fraction of sp³-hybridized carbons (Fsp3) is 0.0612. The second kappa shape index (κ2) is 11.8. The molecule has 9 aromatic rings. The third-order valence-electron chi connectivity index (χ3n) is 10.9. The van der Waals surface area contributed by atoms with Crippen LogP contribution in [0.25, 0.3) is 83.4 Å². The number of hydrogen-bond donors (Lipinski definition) is 0. The summed E-state index contributed by atoms with van der Waals surface area (Å²) in [7, 11) is 0. The molecule has 0 saturated heterocycles. The molecule has 246 valence electrons. The van der Waals surface area contributed by atoms with Gasteiger partial charge in [-0.05, 0) is 91.9 Å². The molecule has 3 heterocycles. The van der Waals surface area contributed by atoms with E-state index >= 15 is 0 Å². The Hall–Kier alpha value is -6.58. The van der Waals surface area contributed by atoms with Crippen LogP contribution in [0.1, 0.15) is 25.0 Å². The highest BCUT2D eigenvalue weighted by Crippen LogP contribution is 2.51. The predicted octanol–water partition coefficient (Wildman–Crippen LogP) is 12.5. The van der Waals surface area contributed by atoms with Crippen LogP contribution in [-0.2, 0) is 5.41 Å². The summed E-state index contributed by atoms with van der Waals surface area (Å²) < 4.78 is 2.17. The van der Waals surface area contributed by atoms with Crippen LogP contribution in [0, 0.1) is 0 Å². The van der Waals surface area contributed by atoms with Crippen molar-refractivity contribution in [1.29, 1.82) is 0 Å². The van der Waals surface area contributed by atoms with E-state index in [-0.39, 0.29) is 5.41 Å². The Morgan fingerprint density at radius 3 is 1.79 bits per heavy atom. The van der Waals surface area contributed by atoms with Gasteiger partial charge in [0.15, 0.2) is 0 Å². The minimum atomic E-state index is -0.140. The maximum atomic E-state index is 5.49. The Labute approximate surface area is 303 Å². The zero-order valence-corrected chi connectivity index (χ0v) is 29.1. The Morgan fingerprint density at radius 2 is 1.10 bits per heavy atom. The lowest BCUT2D eigenvalue weighted by Gasteiger charge is -2.22. The fourth-order valence-corrected chi connectivity index (χ4v) is 8.33. The van der Waals surface area contributed by atoms with Gasteiger partial charge >= 0.3 is 0 Å². The maximum absolute atomic E-state index is 5.49. The van der Waals surface area contributed by atoms with Crippen molar-refractivity contribution >= 4 is 16.3 Å². The highest BCUT2D eigenvalue weighted by molar-refractivity contribution is 6.11. The minimum absolute atomic E-state index is 0.140. The molecular formula is C49H35N3. The zero-order valence-electron chi connectivity index (χ0n) is 29.1. The predicted molar refractivity (Wildman–Crippen MR) is 215 cm³/mol. The molecule has 1 aliphatic carbocycles. The molecule has 1 aliphatic rings. The van der Waals surface area contributed by atoms with Crippen LogP contribution in [-0.4, -0.2) is 14.6 Å². The lowest BCUT2D eigenvalue weighted by Crippen LogP contribution is -2.14. The molecule has 3 aromatic heterocycles. The molecule has 3 nitrogen and oxygen atoms in total. The van der Waals surface area contributed by atoms with Gasteiger partial charge in [0.05, 0.1) is 16.9 Å². The van der Waals surface area contributed by atoms with Crippen LogP contribution in [0.4, 0.5) is 0 Å². The number of pyridine rings is 2. The van der Waals surface area contributed by atoms with Gasteiger partial charge in [0, 0.05) is 28.1 Å². The number of fused-ring (bicyclic) bond motifs is 6. The van der Waals surface area contributed by atoms with E-state index in [4.69, 9.17) is 10.1 Å². The second-order valence-corrected chi connectivity index (χ2v) is 14.2. The van der Waals surface area contributed by atoms with Crippen LogP contribution in [0.3, 0.4) is 0 Å². The molecule has 3 heteroatoms. The number of nitrogens with zero attached hydrogens (tertiary/aromatic N) is 3. The molecule has 0 radical (unpaired) electrons. The van der Waals surface area contributed by atoms with Crippen molar-refractivity contribution in [3.63, 3.8) is 0 Å². The van der Waals surface area contributed by atoms with Crippen molar-refractivity contribution in [2.45, 2.75) is 19.3 Å². The van der Waals surface area contributed by atoms with E-state index in [1.54, 1.807) is 0 Å². The lowest BCUT2D eigenvalue weighted by molar-refractivity contribution is 0.660. The summed E-state index contributed by atoms with van der Waals surface area (Å²) in [5.41, 5.74) is 17.1. The average Bonchev–Trinajstić information content (AvgIpc) is 3.72. The first-order valence-corrected chi connectivity index (χ1v) is 17.9. The first-order chi connectivity index (χ1) is 25.6. The first kappa shape index (κ1) is 30.3. The summed E-state index contributed by atoms with van der Waals surface area (Å²) in [6.45, 7) is 4.69. The van der Waals surface area contributed by atoms with Crippen LogP contribution in [0.2, 0.25) is 0 Å². The number of hydrogen-bond acceptors (Lipinski definition) is 2. The van der Waals surface area contributed by atoms with Gasteiger partial charge in [-0.2, -0.15) is 5.10 Å². The Morgan fingerprint density at radius 1 is 0.481 bits per heavy atom. The van der Waals surface area contributed by atoms with Gasteiger partial charge in [-0.15, -0.1) is 0 Å². The van der Waals surface area contributed by atoms with Gasteiger partial charge in [0.2, 0.25) is 0 Å². The molecule has 0 saturated carbocycles. The second-order valence-electron chi connectivity index (χ2n) is 14.2. The van der Waals surface area contributed by atoms with Gasteiger partial charge in [-0.25, -0.2) is 4.52 Å². The molecular weight excluding hydrogens is 631 g/mol. The molecule has 0 atom stereocenters. The highest BCUT2D eigenvalue weighted by atomic mass is 15.2. The van der Waals surface area contributed by atoms with Crippen molar-refractivity contribution in [2.24, 2.45) is 0 Å². The molecule has 0 unspecified atom stereocenters. The smallest absolute Gasteiger partial charge is 0.120 e. The lowest BCUT2D eigenvalue weighted by atomic mass is 9.81. The zero-order chi connectivity index (χ0) is 34.8. The summed E-state index contributed by atoms with van der Waals surface area (Å²) in [4.78, 5) is 4.89. The number of aromatic nitrogens is 3. The Kier molecular flexibility index (Phi) is 6.84. The molecule has 0 N–H and O–H groups in total. The first-order valence-electron chi connectivity index (χ1n) is 17.9. The summed E-state index contributed by atoms with van der Waals surface area (Å²) >= 11 is 0. The molecule has 0 fully saturated rings. The number of rotatable bonds is 5. The third-order valence-corrected chi connectivity index (χ3v) is 10.9. The molecule has 0 spiro atoms. The van der Waals surface area contributed by atoms with Crippen molar-refractivity contribution in [3.8, 4) is 67.2 Å². The average molecular weight is 666 g/mol. The monoisotopic (exact) mass is 665 g/mol. The van der Waals surface area contributed by atoms with Crippen molar-refractivity contribution in [2.75, 3.05) is 0 Å². The van der Waals surface area contributed by atoms with Crippen LogP contribution in [0.5, 0.6) is 0 Å². The van der Waals surface area contributed by atoms with Crippen molar-refractivity contribution in [1.82, 2.24) is 14.6 Å². The van der Waals surface area contributed by atoms with E-state index in [0.29, 0.717) is 0 Å². The molecule has 6 aromatic carbocycles. The van der Waals surface area contributed by atoms with Crippen LogP contribution >= 0.6 is 0 Å². The number of benzene rings is 6. The Bertz CT molecular complexity index is 2780. The molecule has 52 heavy (non-hydrogen) atoms. The molecule has 0 aliphatic heterocycles. The van der Waals surface area contributed by atoms with E-state index in [1.807, 2.05) is 12.3 Å². The molecule has 0 amide bonds. The van der Waals surface area contributed by atoms with Gasteiger partial charge in [0.1, 0.15) is 5.69 Å². The van der Waals surface area contributed by atoms with E-state index in [1.165, 1.54) is 44.5 Å². The van der Waals surface area contributed by atoms with E-state index in [0.717, 1.165) is 50.1 Å². The maximum Gasteiger partial charge on any atom is 0.120 e. The third kappa shape index (κ3) is 4.66. The summed E-state index contributed by atoms with van der Waals surface area (Å²) in [5.74, 6) is 0. The van der Waals surface area contributed by atoms with Crippen molar-refractivity contribution < 1.29 is 0 Å². The SMILES string of the molecule is CC1(C)c2ccccc2-c2ccc(-c3c(-c4ccccn4)nn4c(-c5ccccc5)cc5cc(-c6ccccc6)c(-c6ccccc6)cc5c34)cc21. The van der Waals surface area contributed by atoms with Gasteiger partial charge in [0.25, 0.3) is 0 Å². The van der Waals surface area contributed by atoms with E-state index in [2.05, 4.69) is 182 Å². The van der Waals surface area contributed by atoms with Crippen LogP contribution < -0.4 is 0 Å². The summed E-state index contributed by atoms with van der Waals surface area (Å²) in [6, 6.07) is 61.1. The van der Waals surface area contributed by atoms with Gasteiger partial charge < -0.3 is 0 Å². The Balaban J connectivity index is 1.36. The summed E-state index contributed by atoms with van der Waals surface area (Å²) in [5, 5.41) is 7.80. The van der Waals surface area contributed by atoms with Gasteiger partial charge in [-0.1, -0.05) is 147 Å². The standard InChI is InChI=1S/C49H35N3/c1-49(2)42-23-13-12-22-37(42)38-26-25-35(29-43(38)49)46-47(44-24-14-15-27-50-44)51-52-45(34-20-10-5-11-21-34)30-36-28-39(32-16-6-3-7-17-32)40(31-41(36)48(46)52)33-18-8-4-9-19-33/h3-31H,1-2H3. The highest BCUT2D eigenvalue weighted by Gasteiger charge is 2.36. The van der Waals surface area contributed by atoms with E-state index in [9.17, 15) is 0 Å². The van der Waals surface area contributed by atoms with Gasteiger partial charge in [-0.3, -0.25) is 4.98 Å². The van der Waals surface area contributed by atoms with Crippen LogP contribution in [0.15, 0.2) is 176 Å². The largest absolute Gasteiger partial charge is 0.255 e. The molecule has 10 rings (SSSR count). The van der Waals surface area contributed by atoms with E-state index < -0.39 is 0 Å². The normalized spacial score (nSPS) is 13.0. The fourth-order valence-electron chi connectivity index (χ4n) is 8.33. The topological polar surface area (TPSA) is 30.2 Å². The van der Waals surface area contributed by atoms with Crippen molar-refractivity contribution in [3.05, 3.63) is 187 Å². The molecule has 0 bridgehead atoms. The quantitative estimate of drug-likeness (QED) is 0.183.